The highest BCUT2D eigenvalue weighted by Crippen LogP contribution is 2.20. The monoisotopic (exact) mass is 285 g/mol. The van der Waals surface area contributed by atoms with E-state index in [1.54, 1.807) is 0 Å². The molecule has 0 aromatic heterocycles. The van der Waals surface area contributed by atoms with E-state index in [4.69, 9.17) is 17.4 Å². The van der Waals surface area contributed by atoms with Crippen molar-refractivity contribution in [2.75, 3.05) is 25.1 Å². The van der Waals surface area contributed by atoms with Gasteiger partial charge in [-0.2, -0.15) is 11.8 Å². The molecular formula is C13H20ClN3S. The molecule has 3 N–H and O–H groups in total. The van der Waals surface area contributed by atoms with Gasteiger partial charge in [0.15, 0.2) is 0 Å². The van der Waals surface area contributed by atoms with Crippen molar-refractivity contribution in [1.82, 2.24) is 10.3 Å². The first-order chi connectivity index (χ1) is 8.70. The second kappa shape index (κ2) is 6.78. The predicted octanol–water partition coefficient (Wildman–Crippen LogP) is 1.76. The van der Waals surface area contributed by atoms with Crippen molar-refractivity contribution in [2.24, 2.45) is 5.84 Å². The van der Waals surface area contributed by atoms with Crippen molar-refractivity contribution >= 4 is 23.4 Å². The number of halogens is 1. The molecule has 18 heavy (non-hydrogen) atoms. The van der Waals surface area contributed by atoms with Crippen molar-refractivity contribution in [1.29, 1.82) is 0 Å². The molecule has 5 heteroatoms. The molecule has 1 saturated heterocycles. The average molecular weight is 286 g/mol. The van der Waals surface area contributed by atoms with Crippen LogP contribution >= 0.6 is 23.4 Å². The van der Waals surface area contributed by atoms with Gasteiger partial charge >= 0.3 is 0 Å². The van der Waals surface area contributed by atoms with E-state index in [1.807, 2.05) is 30.0 Å². The fourth-order valence-corrected chi connectivity index (χ4v) is 3.88. The molecule has 0 radical (unpaired) electrons. The van der Waals surface area contributed by atoms with E-state index in [1.165, 1.54) is 11.3 Å². The van der Waals surface area contributed by atoms with Crippen molar-refractivity contribution < 1.29 is 0 Å². The molecule has 1 aliphatic heterocycles. The van der Waals surface area contributed by atoms with E-state index in [0.29, 0.717) is 6.04 Å². The van der Waals surface area contributed by atoms with E-state index >= 15 is 0 Å². The first-order valence-corrected chi connectivity index (χ1v) is 7.72. The molecule has 0 aliphatic carbocycles. The van der Waals surface area contributed by atoms with Crippen LogP contribution in [0.5, 0.6) is 0 Å². The summed E-state index contributed by atoms with van der Waals surface area (Å²) in [7, 11) is 2.17. The van der Waals surface area contributed by atoms with Crippen molar-refractivity contribution in [3.05, 3.63) is 34.9 Å². The first kappa shape index (κ1) is 14.2. The van der Waals surface area contributed by atoms with Gasteiger partial charge in [-0.25, -0.2) is 0 Å². The lowest BCUT2D eigenvalue weighted by atomic mass is 10.00. The Kier molecular flexibility index (Phi) is 5.33. The molecule has 1 fully saturated rings. The van der Waals surface area contributed by atoms with Gasteiger partial charge in [-0.1, -0.05) is 23.7 Å². The van der Waals surface area contributed by atoms with Crippen LogP contribution in [0.15, 0.2) is 24.3 Å². The highest BCUT2D eigenvalue weighted by atomic mass is 35.5. The van der Waals surface area contributed by atoms with Crippen molar-refractivity contribution in [3.8, 4) is 0 Å². The lowest BCUT2D eigenvalue weighted by Gasteiger charge is -2.37. The highest BCUT2D eigenvalue weighted by molar-refractivity contribution is 7.99. The van der Waals surface area contributed by atoms with Gasteiger partial charge in [-0.15, -0.1) is 0 Å². The number of hydrogen-bond donors (Lipinski definition) is 2. The zero-order valence-electron chi connectivity index (χ0n) is 10.6. The summed E-state index contributed by atoms with van der Waals surface area (Å²) < 4.78 is 0. The number of nitrogens with two attached hydrogens (primary N) is 1. The zero-order valence-corrected chi connectivity index (χ0v) is 12.2. The van der Waals surface area contributed by atoms with Crippen LogP contribution < -0.4 is 11.3 Å². The molecule has 0 bridgehead atoms. The summed E-state index contributed by atoms with van der Waals surface area (Å²) >= 11 is 8.02. The molecular weight excluding hydrogens is 266 g/mol. The minimum absolute atomic E-state index is 0.265. The normalized spacial score (nSPS) is 22.9. The third-order valence-corrected chi connectivity index (χ3v) is 4.75. The average Bonchev–Trinajstić information content (AvgIpc) is 2.37. The molecule has 1 aromatic carbocycles. The summed E-state index contributed by atoms with van der Waals surface area (Å²) in [5.41, 5.74) is 4.20. The van der Waals surface area contributed by atoms with Crippen molar-refractivity contribution in [2.45, 2.75) is 18.5 Å². The van der Waals surface area contributed by atoms with Crippen LogP contribution in [-0.4, -0.2) is 42.1 Å². The molecule has 2 atom stereocenters. The second-order valence-corrected chi connectivity index (χ2v) is 6.32. The van der Waals surface area contributed by atoms with Gasteiger partial charge in [0, 0.05) is 35.2 Å². The smallest absolute Gasteiger partial charge is 0.0414 e. The maximum Gasteiger partial charge on any atom is 0.0414 e. The quantitative estimate of drug-likeness (QED) is 0.653. The maximum absolute atomic E-state index is 6.02. The predicted molar refractivity (Wildman–Crippen MR) is 80.0 cm³/mol. The SMILES string of the molecule is CN1CCSCC1C(Cc1cccc(Cl)c1)NN. The van der Waals surface area contributed by atoms with Crippen LogP contribution in [0.1, 0.15) is 5.56 Å². The molecule has 1 heterocycles. The number of rotatable bonds is 4. The van der Waals surface area contributed by atoms with Gasteiger partial charge in [0.1, 0.15) is 0 Å². The minimum Gasteiger partial charge on any atom is -0.300 e. The van der Waals surface area contributed by atoms with Gasteiger partial charge in [-0.05, 0) is 31.2 Å². The number of nitrogens with zero attached hydrogens (tertiary/aromatic N) is 1. The fourth-order valence-electron chi connectivity index (χ4n) is 2.35. The highest BCUT2D eigenvalue weighted by Gasteiger charge is 2.27. The molecule has 1 aromatic rings. The third kappa shape index (κ3) is 3.62. The molecule has 100 valence electrons. The summed E-state index contributed by atoms with van der Waals surface area (Å²) in [5, 5.41) is 0.787. The maximum atomic E-state index is 6.02. The largest absolute Gasteiger partial charge is 0.300 e. The van der Waals surface area contributed by atoms with Gasteiger partial charge in [0.25, 0.3) is 0 Å². The summed E-state index contributed by atoms with van der Waals surface area (Å²) in [4.78, 5) is 2.39. The molecule has 1 aliphatic rings. The molecule has 2 rings (SSSR count). The summed E-state index contributed by atoms with van der Waals surface area (Å²) in [6.45, 7) is 1.13. The number of thioether (sulfide) groups is 1. The van der Waals surface area contributed by atoms with E-state index in [9.17, 15) is 0 Å². The van der Waals surface area contributed by atoms with Crippen LogP contribution in [0, 0.1) is 0 Å². The summed E-state index contributed by atoms with van der Waals surface area (Å²) in [5.74, 6) is 8.07. The lowest BCUT2D eigenvalue weighted by molar-refractivity contribution is 0.214. The summed E-state index contributed by atoms with van der Waals surface area (Å²) in [6, 6.07) is 8.76. The second-order valence-electron chi connectivity index (χ2n) is 4.73. The molecule has 0 saturated carbocycles. The van der Waals surface area contributed by atoms with Crippen LogP contribution in [0.4, 0.5) is 0 Å². The van der Waals surface area contributed by atoms with Crippen LogP contribution in [0.25, 0.3) is 0 Å². The van der Waals surface area contributed by atoms with Gasteiger partial charge < -0.3 is 4.90 Å². The van der Waals surface area contributed by atoms with Crippen LogP contribution in [-0.2, 0) is 6.42 Å². The molecule has 0 spiro atoms. The van der Waals surface area contributed by atoms with Crippen LogP contribution in [0.3, 0.4) is 0 Å². The zero-order chi connectivity index (χ0) is 13.0. The Balaban J connectivity index is 2.04. The Hall–Kier alpha value is -0.260. The Morgan fingerprint density at radius 2 is 2.44 bits per heavy atom. The Morgan fingerprint density at radius 1 is 1.61 bits per heavy atom. The third-order valence-electron chi connectivity index (χ3n) is 3.47. The van der Waals surface area contributed by atoms with Crippen molar-refractivity contribution in [3.63, 3.8) is 0 Å². The molecule has 0 amide bonds. The van der Waals surface area contributed by atoms with E-state index in [0.717, 1.165) is 23.7 Å². The van der Waals surface area contributed by atoms with E-state index in [-0.39, 0.29) is 6.04 Å². The minimum atomic E-state index is 0.265. The Morgan fingerprint density at radius 3 is 3.11 bits per heavy atom. The Labute approximate surface area is 118 Å². The number of hydrazine groups is 1. The van der Waals surface area contributed by atoms with E-state index in [2.05, 4.69) is 23.4 Å². The topological polar surface area (TPSA) is 41.3 Å². The van der Waals surface area contributed by atoms with Gasteiger partial charge in [-0.3, -0.25) is 11.3 Å². The number of hydrogen-bond acceptors (Lipinski definition) is 4. The standard InChI is InChI=1S/C13H20ClN3S/c1-17-5-6-18-9-13(17)12(16-15)8-10-3-2-4-11(14)7-10/h2-4,7,12-13,16H,5-6,8-9,15H2,1H3. The van der Waals surface area contributed by atoms with E-state index < -0.39 is 0 Å². The Bertz CT molecular complexity index is 388. The number of benzene rings is 1. The van der Waals surface area contributed by atoms with Gasteiger partial charge in [0.05, 0.1) is 0 Å². The summed E-state index contributed by atoms with van der Waals surface area (Å²) in [6.07, 6.45) is 0.909. The molecule has 2 unspecified atom stereocenters. The number of likely N-dealkylation sites (N-methyl/N-ethyl adjacent to an activating group) is 1. The first-order valence-electron chi connectivity index (χ1n) is 6.19. The van der Waals surface area contributed by atoms with Gasteiger partial charge in [0.2, 0.25) is 0 Å². The number of nitrogens with one attached hydrogen (secondary N) is 1. The lowest BCUT2D eigenvalue weighted by Crippen LogP contribution is -2.55. The fraction of sp³-hybridized carbons (Fsp3) is 0.538. The van der Waals surface area contributed by atoms with Crippen LogP contribution in [0.2, 0.25) is 5.02 Å². The molecule has 3 nitrogen and oxygen atoms in total.